The van der Waals surface area contributed by atoms with E-state index in [-0.39, 0.29) is 23.5 Å². The molecule has 0 bridgehead atoms. The van der Waals surface area contributed by atoms with Crippen LogP contribution in [0, 0.1) is 12.8 Å². The first kappa shape index (κ1) is 17.1. The molecule has 2 fully saturated rings. The highest BCUT2D eigenvalue weighted by molar-refractivity contribution is 5.97. The maximum atomic E-state index is 12.8. The van der Waals surface area contributed by atoms with E-state index < -0.39 is 5.54 Å². The lowest BCUT2D eigenvalue weighted by molar-refractivity contribution is -0.129. The van der Waals surface area contributed by atoms with Crippen LogP contribution < -0.4 is 5.32 Å². The number of para-hydroxylation sites is 2. The summed E-state index contributed by atoms with van der Waals surface area (Å²) in [6.45, 7) is 1.96. The standard InChI is InChI=1S/C22H22N4O2/c1-13-8-14(12-23-11-13)9-19(27)22(6-7-22)26-21(28)16-10-15(16)20-24-17-4-2-3-5-18(17)25-20/h2-5,8,11-12,15-16H,6-7,9-10H2,1H3,(H,24,25)(H,26,28)/t15-,16-/m0/s1. The Bertz CT molecular complexity index is 1050. The Morgan fingerprint density at radius 1 is 1.25 bits per heavy atom. The molecule has 6 nitrogen and oxygen atoms in total. The van der Waals surface area contributed by atoms with Crippen LogP contribution in [0.25, 0.3) is 11.0 Å². The van der Waals surface area contributed by atoms with Crippen LogP contribution in [0.5, 0.6) is 0 Å². The van der Waals surface area contributed by atoms with Crippen LogP contribution >= 0.6 is 0 Å². The molecule has 2 N–H and O–H groups in total. The van der Waals surface area contributed by atoms with Gasteiger partial charge < -0.3 is 10.3 Å². The summed E-state index contributed by atoms with van der Waals surface area (Å²) >= 11 is 0. The Labute approximate surface area is 162 Å². The van der Waals surface area contributed by atoms with Gasteiger partial charge in [-0.3, -0.25) is 14.6 Å². The van der Waals surface area contributed by atoms with Gasteiger partial charge in [0.1, 0.15) is 5.82 Å². The number of pyridine rings is 1. The highest BCUT2D eigenvalue weighted by atomic mass is 16.2. The van der Waals surface area contributed by atoms with Crippen LogP contribution in [0.4, 0.5) is 0 Å². The molecule has 2 aliphatic carbocycles. The van der Waals surface area contributed by atoms with Crippen molar-refractivity contribution in [1.82, 2.24) is 20.3 Å². The fourth-order valence-corrected chi connectivity index (χ4v) is 3.93. The highest BCUT2D eigenvalue weighted by Gasteiger charge is 2.54. The Morgan fingerprint density at radius 2 is 2.07 bits per heavy atom. The molecule has 2 atom stereocenters. The lowest BCUT2D eigenvalue weighted by atomic mass is 10.0. The Kier molecular flexibility index (Phi) is 3.82. The van der Waals surface area contributed by atoms with Gasteiger partial charge in [-0.05, 0) is 49.4 Å². The largest absolute Gasteiger partial charge is 0.343 e. The molecule has 3 aromatic rings. The summed E-state index contributed by atoms with van der Waals surface area (Å²) in [5.74, 6) is 0.918. The number of aryl methyl sites for hydroxylation is 1. The number of hydrogen-bond acceptors (Lipinski definition) is 4. The first-order valence-corrected chi connectivity index (χ1v) is 9.75. The molecule has 6 heteroatoms. The molecule has 0 aliphatic heterocycles. The van der Waals surface area contributed by atoms with Crippen LogP contribution in [0.15, 0.2) is 42.7 Å². The molecule has 0 radical (unpaired) electrons. The van der Waals surface area contributed by atoms with E-state index in [1.165, 1.54) is 0 Å². The van der Waals surface area contributed by atoms with Gasteiger partial charge in [-0.15, -0.1) is 0 Å². The van der Waals surface area contributed by atoms with Gasteiger partial charge in [0.2, 0.25) is 5.91 Å². The van der Waals surface area contributed by atoms with Crippen LogP contribution in [0.3, 0.4) is 0 Å². The molecule has 1 amide bonds. The minimum absolute atomic E-state index is 0.0290. The Morgan fingerprint density at radius 3 is 2.82 bits per heavy atom. The first-order valence-electron chi connectivity index (χ1n) is 9.75. The van der Waals surface area contributed by atoms with Gasteiger partial charge in [-0.25, -0.2) is 4.98 Å². The van der Waals surface area contributed by atoms with Gasteiger partial charge in [0.15, 0.2) is 5.78 Å². The number of nitrogens with zero attached hydrogens (tertiary/aromatic N) is 2. The molecule has 5 rings (SSSR count). The van der Waals surface area contributed by atoms with Crippen molar-refractivity contribution in [3.63, 3.8) is 0 Å². The predicted octanol–water partition coefficient (Wildman–Crippen LogP) is 2.83. The van der Waals surface area contributed by atoms with E-state index in [1.807, 2.05) is 37.3 Å². The van der Waals surface area contributed by atoms with Crippen molar-refractivity contribution in [2.24, 2.45) is 5.92 Å². The molecular weight excluding hydrogens is 352 g/mol. The summed E-state index contributed by atoms with van der Waals surface area (Å²) in [5, 5.41) is 3.05. The minimum atomic E-state index is -0.679. The summed E-state index contributed by atoms with van der Waals surface area (Å²) in [5.41, 5.74) is 3.17. The van der Waals surface area contributed by atoms with Crippen LogP contribution in [0.1, 0.15) is 42.1 Å². The summed E-state index contributed by atoms with van der Waals surface area (Å²) in [4.78, 5) is 37.6. The van der Waals surface area contributed by atoms with Crippen molar-refractivity contribution in [1.29, 1.82) is 0 Å². The number of rotatable bonds is 6. The number of Topliss-reactive ketones (excluding diaryl/α,β-unsaturated/α-hetero) is 1. The predicted molar refractivity (Wildman–Crippen MR) is 105 cm³/mol. The summed E-state index contributed by atoms with van der Waals surface area (Å²) in [6, 6.07) is 9.84. The average molecular weight is 374 g/mol. The molecule has 142 valence electrons. The van der Waals surface area contributed by atoms with Gasteiger partial charge in [0, 0.05) is 30.7 Å². The van der Waals surface area contributed by atoms with Crippen molar-refractivity contribution < 1.29 is 9.59 Å². The van der Waals surface area contributed by atoms with Crippen molar-refractivity contribution in [3.8, 4) is 0 Å². The van der Waals surface area contributed by atoms with Crippen molar-refractivity contribution in [2.45, 2.75) is 44.1 Å². The lowest BCUT2D eigenvalue weighted by Gasteiger charge is -2.16. The van der Waals surface area contributed by atoms with Crippen LogP contribution in [-0.2, 0) is 16.0 Å². The molecule has 0 unspecified atom stereocenters. The van der Waals surface area contributed by atoms with E-state index in [0.29, 0.717) is 6.42 Å². The average Bonchev–Trinajstić information content (AvgIpc) is 3.58. The zero-order valence-electron chi connectivity index (χ0n) is 15.7. The number of carbonyl (C=O) groups is 2. The Balaban J connectivity index is 1.24. The summed E-state index contributed by atoms with van der Waals surface area (Å²) < 4.78 is 0. The number of amides is 1. The molecular formula is C22H22N4O2. The molecule has 1 aromatic carbocycles. The number of carbonyl (C=O) groups excluding carboxylic acids is 2. The summed E-state index contributed by atoms with van der Waals surface area (Å²) in [6.07, 6.45) is 6.03. The van der Waals surface area contributed by atoms with Crippen molar-refractivity contribution in [2.75, 3.05) is 0 Å². The molecule has 0 spiro atoms. The number of nitrogens with one attached hydrogen (secondary N) is 2. The molecule has 0 saturated heterocycles. The second-order valence-electron chi connectivity index (χ2n) is 8.13. The van der Waals surface area contributed by atoms with E-state index in [9.17, 15) is 9.59 Å². The number of benzene rings is 1. The SMILES string of the molecule is Cc1cncc(CC(=O)C2(NC(=O)[C@H]3C[C@@H]3c3nc4ccccc4[nH]3)CC2)c1. The second kappa shape index (κ2) is 6.26. The van der Waals surface area contributed by atoms with E-state index in [0.717, 1.165) is 47.2 Å². The van der Waals surface area contributed by atoms with E-state index in [2.05, 4.69) is 20.3 Å². The smallest absolute Gasteiger partial charge is 0.224 e. The van der Waals surface area contributed by atoms with E-state index in [1.54, 1.807) is 12.4 Å². The van der Waals surface area contributed by atoms with Gasteiger partial charge in [0.25, 0.3) is 0 Å². The molecule has 2 heterocycles. The minimum Gasteiger partial charge on any atom is -0.343 e. The number of H-pyrrole nitrogens is 1. The van der Waals surface area contributed by atoms with E-state index in [4.69, 9.17) is 0 Å². The van der Waals surface area contributed by atoms with Crippen molar-refractivity contribution >= 4 is 22.7 Å². The fraction of sp³-hybridized carbons (Fsp3) is 0.364. The highest BCUT2D eigenvalue weighted by Crippen LogP contribution is 2.48. The van der Waals surface area contributed by atoms with Gasteiger partial charge in [-0.1, -0.05) is 18.2 Å². The zero-order chi connectivity index (χ0) is 19.3. The van der Waals surface area contributed by atoms with E-state index >= 15 is 0 Å². The third-order valence-electron chi connectivity index (χ3n) is 5.83. The number of aromatic amines is 1. The topological polar surface area (TPSA) is 87.7 Å². The first-order chi connectivity index (χ1) is 13.5. The molecule has 2 aliphatic rings. The van der Waals surface area contributed by atoms with Gasteiger partial charge in [0.05, 0.1) is 16.6 Å². The number of ketones is 1. The molecule has 28 heavy (non-hydrogen) atoms. The van der Waals surface area contributed by atoms with Crippen LogP contribution in [0.2, 0.25) is 0 Å². The zero-order valence-corrected chi connectivity index (χ0v) is 15.7. The maximum Gasteiger partial charge on any atom is 0.224 e. The number of fused-ring (bicyclic) bond motifs is 1. The van der Waals surface area contributed by atoms with Gasteiger partial charge in [-0.2, -0.15) is 0 Å². The fourth-order valence-electron chi connectivity index (χ4n) is 3.93. The molecule has 2 saturated carbocycles. The number of imidazole rings is 1. The number of aromatic nitrogens is 3. The van der Waals surface area contributed by atoms with Gasteiger partial charge >= 0.3 is 0 Å². The van der Waals surface area contributed by atoms with Crippen LogP contribution in [-0.4, -0.2) is 32.2 Å². The third kappa shape index (κ3) is 3.09. The Hall–Kier alpha value is -3.02. The number of hydrogen-bond donors (Lipinski definition) is 2. The van der Waals surface area contributed by atoms with Crippen molar-refractivity contribution in [3.05, 3.63) is 59.7 Å². The quantitative estimate of drug-likeness (QED) is 0.694. The third-order valence-corrected chi connectivity index (χ3v) is 5.83. The monoisotopic (exact) mass is 374 g/mol. The maximum absolute atomic E-state index is 12.8. The summed E-state index contributed by atoms with van der Waals surface area (Å²) in [7, 11) is 0. The normalized spacial score (nSPS) is 22.0. The lowest BCUT2D eigenvalue weighted by Crippen LogP contribution is -2.44. The molecule has 2 aromatic heterocycles. The second-order valence-corrected chi connectivity index (χ2v) is 8.13.